The zero-order chi connectivity index (χ0) is 33.1. The minimum atomic E-state index is -0.500. The maximum absolute atomic E-state index is 13.5. The lowest BCUT2D eigenvalue weighted by atomic mass is 10.1. The van der Waals surface area contributed by atoms with Crippen molar-refractivity contribution in [2.45, 2.75) is 24.0 Å². The molecule has 0 saturated heterocycles. The molecular formula is C36H36N4O5S. The second-order valence-corrected chi connectivity index (χ2v) is 11.8. The number of carbonyl (C=O) groups is 4. The standard InChI is InChI=1S/C36H36N4O5S/c1-5-45-36(44)27-16-18-28(19-17-27)37-33(41)24(2)46-31-13-9-12-29(23-31)38-35(43)32(39-34(42)26-10-7-6-8-11-26)22-25-14-20-30(21-15-25)40(3)4/h6-24H,5H2,1-4H3,(H,37,41)(H,38,43)(H,39,42)/b32-22+. The van der Waals surface area contributed by atoms with E-state index in [-0.39, 0.29) is 18.2 Å². The topological polar surface area (TPSA) is 117 Å². The van der Waals surface area contributed by atoms with Gasteiger partial charge in [0.15, 0.2) is 0 Å². The smallest absolute Gasteiger partial charge is 0.338 e. The van der Waals surface area contributed by atoms with Gasteiger partial charge in [-0.15, -0.1) is 11.8 Å². The van der Waals surface area contributed by atoms with Crippen LogP contribution >= 0.6 is 11.8 Å². The first kappa shape index (κ1) is 33.5. The monoisotopic (exact) mass is 636 g/mol. The van der Waals surface area contributed by atoms with Crippen LogP contribution in [0.1, 0.15) is 40.1 Å². The first-order chi connectivity index (χ1) is 22.1. The fraction of sp³-hybridized carbons (Fsp3) is 0.167. The molecule has 0 aliphatic rings. The van der Waals surface area contributed by atoms with Crippen molar-refractivity contribution in [2.75, 3.05) is 36.2 Å². The van der Waals surface area contributed by atoms with Crippen LogP contribution in [0, 0.1) is 0 Å². The zero-order valence-corrected chi connectivity index (χ0v) is 26.9. The molecule has 9 nitrogen and oxygen atoms in total. The predicted molar refractivity (Wildman–Crippen MR) is 184 cm³/mol. The van der Waals surface area contributed by atoms with Crippen LogP contribution in [-0.2, 0) is 14.3 Å². The van der Waals surface area contributed by atoms with E-state index in [1.54, 1.807) is 86.7 Å². The molecular weight excluding hydrogens is 600 g/mol. The summed E-state index contributed by atoms with van der Waals surface area (Å²) in [6, 6.07) is 29.9. The van der Waals surface area contributed by atoms with E-state index in [4.69, 9.17) is 4.74 Å². The number of carbonyl (C=O) groups excluding carboxylic acids is 4. The molecule has 4 aromatic carbocycles. The lowest BCUT2D eigenvalue weighted by molar-refractivity contribution is -0.115. The molecule has 0 spiro atoms. The van der Waals surface area contributed by atoms with Crippen LogP contribution in [-0.4, -0.2) is 49.6 Å². The number of rotatable bonds is 12. The number of thioether (sulfide) groups is 1. The van der Waals surface area contributed by atoms with Crippen molar-refractivity contribution >= 4 is 58.6 Å². The van der Waals surface area contributed by atoms with Gasteiger partial charge in [-0.25, -0.2) is 4.79 Å². The van der Waals surface area contributed by atoms with Gasteiger partial charge in [0.05, 0.1) is 17.4 Å². The van der Waals surface area contributed by atoms with E-state index in [0.717, 1.165) is 16.1 Å². The molecule has 0 heterocycles. The van der Waals surface area contributed by atoms with Gasteiger partial charge < -0.3 is 25.6 Å². The third-order valence-electron chi connectivity index (χ3n) is 6.69. The summed E-state index contributed by atoms with van der Waals surface area (Å²) in [6.07, 6.45) is 1.62. The number of hydrogen-bond donors (Lipinski definition) is 3. The Hall–Kier alpha value is -5.35. The van der Waals surface area contributed by atoms with Gasteiger partial charge in [0, 0.05) is 41.6 Å². The Labute approximate surface area is 273 Å². The molecule has 4 rings (SSSR count). The first-order valence-corrected chi connectivity index (χ1v) is 15.5. The number of nitrogens with zero attached hydrogens (tertiary/aromatic N) is 1. The molecule has 3 N–H and O–H groups in total. The second kappa shape index (κ2) is 16.1. The van der Waals surface area contributed by atoms with Crippen LogP contribution in [0.3, 0.4) is 0 Å². The molecule has 1 atom stereocenters. The maximum Gasteiger partial charge on any atom is 0.338 e. The number of anilines is 3. The van der Waals surface area contributed by atoms with Crippen LogP contribution in [0.5, 0.6) is 0 Å². The van der Waals surface area contributed by atoms with E-state index in [9.17, 15) is 19.2 Å². The number of nitrogens with one attached hydrogen (secondary N) is 3. The summed E-state index contributed by atoms with van der Waals surface area (Å²) >= 11 is 1.32. The normalized spacial score (nSPS) is 11.6. The molecule has 236 valence electrons. The summed E-state index contributed by atoms with van der Waals surface area (Å²) in [7, 11) is 3.88. The third-order valence-corrected chi connectivity index (χ3v) is 7.78. The minimum absolute atomic E-state index is 0.0752. The summed E-state index contributed by atoms with van der Waals surface area (Å²) in [5, 5.41) is 8.01. The first-order valence-electron chi connectivity index (χ1n) is 14.6. The maximum atomic E-state index is 13.5. The highest BCUT2D eigenvalue weighted by Crippen LogP contribution is 2.27. The van der Waals surface area contributed by atoms with E-state index in [1.165, 1.54) is 11.8 Å². The van der Waals surface area contributed by atoms with Crippen LogP contribution in [0.15, 0.2) is 114 Å². The van der Waals surface area contributed by atoms with Crippen molar-refractivity contribution in [3.8, 4) is 0 Å². The van der Waals surface area contributed by atoms with Crippen molar-refractivity contribution in [1.29, 1.82) is 0 Å². The van der Waals surface area contributed by atoms with E-state index in [2.05, 4.69) is 16.0 Å². The Kier molecular flexibility index (Phi) is 11.7. The Bertz CT molecular complexity index is 1700. The van der Waals surface area contributed by atoms with Crippen molar-refractivity contribution in [1.82, 2.24) is 5.32 Å². The van der Waals surface area contributed by atoms with Crippen molar-refractivity contribution in [3.05, 3.63) is 126 Å². The highest BCUT2D eigenvalue weighted by molar-refractivity contribution is 8.00. The molecule has 0 aliphatic carbocycles. The molecule has 0 radical (unpaired) electrons. The van der Waals surface area contributed by atoms with E-state index >= 15 is 0 Å². The van der Waals surface area contributed by atoms with E-state index in [1.807, 2.05) is 55.4 Å². The quantitative estimate of drug-likeness (QED) is 0.0929. The lowest BCUT2D eigenvalue weighted by Crippen LogP contribution is -2.30. The molecule has 0 bridgehead atoms. The number of ether oxygens (including phenoxy) is 1. The number of hydrogen-bond acceptors (Lipinski definition) is 7. The molecule has 10 heteroatoms. The highest BCUT2D eigenvalue weighted by atomic mass is 32.2. The van der Waals surface area contributed by atoms with Crippen LogP contribution < -0.4 is 20.9 Å². The van der Waals surface area contributed by atoms with Gasteiger partial charge >= 0.3 is 5.97 Å². The third kappa shape index (κ3) is 9.57. The summed E-state index contributed by atoms with van der Waals surface area (Å²) < 4.78 is 4.99. The van der Waals surface area contributed by atoms with Gasteiger partial charge in [0.1, 0.15) is 5.70 Å². The van der Waals surface area contributed by atoms with Crippen LogP contribution in [0.25, 0.3) is 6.08 Å². The van der Waals surface area contributed by atoms with Gasteiger partial charge in [-0.2, -0.15) is 0 Å². The summed E-state index contributed by atoms with van der Waals surface area (Å²) in [5.41, 5.74) is 3.70. The lowest BCUT2D eigenvalue weighted by Gasteiger charge is -2.15. The fourth-order valence-electron chi connectivity index (χ4n) is 4.23. The molecule has 1 unspecified atom stereocenters. The molecule has 0 saturated carbocycles. The Morgan fingerprint density at radius 3 is 2.15 bits per heavy atom. The average molecular weight is 637 g/mol. The van der Waals surface area contributed by atoms with E-state index < -0.39 is 23.0 Å². The average Bonchev–Trinajstić information content (AvgIpc) is 3.05. The molecule has 46 heavy (non-hydrogen) atoms. The summed E-state index contributed by atoms with van der Waals surface area (Å²) in [4.78, 5) is 54.0. The fourth-order valence-corrected chi connectivity index (χ4v) is 5.16. The molecule has 0 aliphatic heterocycles. The largest absolute Gasteiger partial charge is 0.462 e. The van der Waals surface area contributed by atoms with Crippen molar-refractivity contribution in [2.24, 2.45) is 0 Å². The Morgan fingerprint density at radius 2 is 1.50 bits per heavy atom. The molecule has 0 aromatic heterocycles. The minimum Gasteiger partial charge on any atom is -0.462 e. The molecule has 3 amide bonds. The van der Waals surface area contributed by atoms with Crippen molar-refractivity contribution in [3.63, 3.8) is 0 Å². The van der Waals surface area contributed by atoms with Gasteiger partial charge in [-0.3, -0.25) is 14.4 Å². The summed E-state index contributed by atoms with van der Waals surface area (Å²) in [6.45, 7) is 3.80. The number of benzene rings is 4. The SMILES string of the molecule is CCOC(=O)c1ccc(NC(=O)C(C)Sc2cccc(NC(=O)/C(=C\c3ccc(N(C)C)cc3)NC(=O)c3ccccc3)c2)cc1. The van der Waals surface area contributed by atoms with Gasteiger partial charge in [-0.1, -0.05) is 36.4 Å². The van der Waals surface area contributed by atoms with Gasteiger partial charge in [-0.05, 0) is 92.2 Å². The zero-order valence-electron chi connectivity index (χ0n) is 26.1. The molecule has 4 aromatic rings. The van der Waals surface area contributed by atoms with Gasteiger partial charge in [0.2, 0.25) is 5.91 Å². The van der Waals surface area contributed by atoms with Crippen molar-refractivity contribution < 1.29 is 23.9 Å². The van der Waals surface area contributed by atoms with Crippen LogP contribution in [0.2, 0.25) is 0 Å². The second-order valence-electron chi connectivity index (χ2n) is 10.4. The number of esters is 1. The highest BCUT2D eigenvalue weighted by Gasteiger charge is 2.18. The van der Waals surface area contributed by atoms with Gasteiger partial charge in [0.25, 0.3) is 11.8 Å². The van der Waals surface area contributed by atoms with E-state index in [0.29, 0.717) is 22.5 Å². The Morgan fingerprint density at radius 1 is 0.804 bits per heavy atom. The Balaban J connectivity index is 1.45. The van der Waals surface area contributed by atoms with Crippen LogP contribution in [0.4, 0.5) is 17.1 Å². The summed E-state index contributed by atoms with van der Waals surface area (Å²) in [5.74, 6) is -1.56. The number of amides is 3. The predicted octanol–water partition coefficient (Wildman–Crippen LogP) is 6.46. The molecule has 0 fully saturated rings.